The molecule has 0 aliphatic carbocycles. The van der Waals surface area contributed by atoms with E-state index in [1.54, 1.807) is 0 Å². The van der Waals surface area contributed by atoms with Gasteiger partial charge in [-0.05, 0) is 6.92 Å². The molecule has 0 fully saturated rings. The van der Waals surface area contributed by atoms with Gasteiger partial charge in [-0.15, -0.1) is 0 Å². The molecule has 0 saturated carbocycles. The van der Waals surface area contributed by atoms with Crippen LogP contribution in [0, 0.1) is 6.92 Å². The SMILES string of the molecule is CC.CC.[CH2+]C(C)(c1ccccc1)c1ccccc1. The molecule has 0 heterocycles. The summed E-state index contributed by atoms with van der Waals surface area (Å²) < 4.78 is 0. The molecule has 0 nitrogen and oxygen atoms in total. The third-order valence-electron chi connectivity index (χ3n) is 2.82. The van der Waals surface area contributed by atoms with E-state index in [2.05, 4.69) is 62.4 Å². The summed E-state index contributed by atoms with van der Waals surface area (Å²) in [5.41, 5.74) is 2.33. The smallest absolute Gasteiger partial charge is 0.0683 e. The van der Waals surface area contributed by atoms with Gasteiger partial charge in [-0.1, -0.05) is 88.4 Å². The number of hydrogen-bond donors (Lipinski definition) is 0. The van der Waals surface area contributed by atoms with E-state index in [4.69, 9.17) is 0 Å². The van der Waals surface area contributed by atoms with Crippen LogP contribution in [0.15, 0.2) is 60.7 Å². The summed E-state index contributed by atoms with van der Waals surface area (Å²) in [6, 6.07) is 20.8. The number of benzene rings is 2. The van der Waals surface area contributed by atoms with Crippen molar-refractivity contribution < 1.29 is 0 Å². The van der Waals surface area contributed by atoms with Crippen LogP contribution in [0.5, 0.6) is 0 Å². The van der Waals surface area contributed by atoms with Crippen molar-refractivity contribution in [3.63, 3.8) is 0 Å². The Morgan fingerprint density at radius 1 is 0.632 bits per heavy atom. The average molecular weight is 255 g/mol. The molecular weight excluding hydrogens is 228 g/mol. The zero-order chi connectivity index (χ0) is 14.7. The van der Waals surface area contributed by atoms with Gasteiger partial charge in [0.25, 0.3) is 0 Å². The lowest BCUT2D eigenvalue weighted by Gasteiger charge is -2.18. The van der Waals surface area contributed by atoms with Crippen LogP contribution in [0.2, 0.25) is 0 Å². The van der Waals surface area contributed by atoms with Gasteiger partial charge in [-0.25, -0.2) is 0 Å². The summed E-state index contributed by atoms with van der Waals surface area (Å²) in [6.45, 7) is 14.5. The largest absolute Gasteiger partial charge is 0.152 e. The average Bonchev–Trinajstić information content (AvgIpc) is 2.53. The lowest BCUT2D eigenvalue weighted by Crippen LogP contribution is -2.18. The van der Waals surface area contributed by atoms with Gasteiger partial charge in [0.2, 0.25) is 0 Å². The molecule has 0 aliphatic heterocycles. The van der Waals surface area contributed by atoms with Gasteiger partial charge in [0, 0.05) is 11.1 Å². The van der Waals surface area contributed by atoms with Gasteiger partial charge in [0.15, 0.2) is 5.41 Å². The van der Waals surface area contributed by atoms with Crippen LogP contribution in [-0.2, 0) is 5.41 Å². The predicted molar refractivity (Wildman–Crippen MR) is 87.4 cm³/mol. The zero-order valence-electron chi connectivity index (χ0n) is 13.0. The second-order valence-electron chi connectivity index (χ2n) is 4.06. The van der Waals surface area contributed by atoms with Crippen molar-refractivity contribution in [2.45, 2.75) is 40.0 Å². The fourth-order valence-electron chi connectivity index (χ4n) is 1.78. The normalized spacial score (nSPS) is 9.53. The minimum atomic E-state index is -0.164. The highest BCUT2D eigenvalue weighted by atomic mass is 14.2. The highest BCUT2D eigenvalue weighted by molar-refractivity contribution is 5.39. The third kappa shape index (κ3) is 4.82. The molecule has 0 unspecified atom stereocenters. The van der Waals surface area contributed by atoms with E-state index < -0.39 is 0 Å². The summed E-state index contributed by atoms with van der Waals surface area (Å²) in [6.07, 6.45) is 0. The van der Waals surface area contributed by atoms with Gasteiger partial charge in [-0.3, -0.25) is 0 Å². The lowest BCUT2D eigenvalue weighted by molar-refractivity contribution is 0.719. The Morgan fingerprint density at radius 2 is 0.895 bits per heavy atom. The summed E-state index contributed by atoms with van der Waals surface area (Å²) in [7, 11) is 0. The molecule has 19 heavy (non-hydrogen) atoms. The highest BCUT2D eigenvalue weighted by Gasteiger charge is 2.29. The van der Waals surface area contributed by atoms with Gasteiger partial charge >= 0.3 is 0 Å². The van der Waals surface area contributed by atoms with Crippen molar-refractivity contribution in [3.8, 4) is 0 Å². The maximum atomic E-state index is 4.31. The van der Waals surface area contributed by atoms with Crippen LogP contribution in [0.3, 0.4) is 0 Å². The molecule has 2 aromatic carbocycles. The lowest BCUT2D eigenvalue weighted by atomic mass is 9.78. The first-order valence-electron chi connectivity index (χ1n) is 7.17. The first-order valence-corrected chi connectivity index (χ1v) is 7.17. The third-order valence-corrected chi connectivity index (χ3v) is 2.82. The Kier molecular flexibility index (Phi) is 8.44. The van der Waals surface area contributed by atoms with Gasteiger partial charge in [0.05, 0.1) is 6.92 Å². The quantitative estimate of drug-likeness (QED) is 0.588. The molecule has 0 bridgehead atoms. The van der Waals surface area contributed by atoms with Gasteiger partial charge in [0.1, 0.15) is 0 Å². The van der Waals surface area contributed by atoms with E-state index in [1.165, 1.54) is 11.1 Å². The molecule has 0 N–H and O–H groups in total. The van der Waals surface area contributed by atoms with Crippen LogP contribution in [0.4, 0.5) is 0 Å². The van der Waals surface area contributed by atoms with E-state index >= 15 is 0 Å². The van der Waals surface area contributed by atoms with E-state index in [1.807, 2.05) is 39.8 Å². The van der Waals surface area contributed by atoms with Crippen molar-refractivity contribution in [2.24, 2.45) is 0 Å². The van der Waals surface area contributed by atoms with E-state index in [0.29, 0.717) is 0 Å². The number of rotatable bonds is 2. The van der Waals surface area contributed by atoms with Crippen LogP contribution in [-0.4, -0.2) is 0 Å². The van der Waals surface area contributed by atoms with Crippen molar-refractivity contribution >= 4 is 0 Å². The minimum Gasteiger partial charge on any atom is -0.0683 e. The summed E-state index contributed by atoms with van der Waals surface area (Å²) in [4.78, 5) is 0. The van der Waals surface area contributed by atoms with Crippen LogP contribution in [0.25, 0.3) is 0 Å². The molecule has 0 spiro atoms. The molecule has 2 rings (SSSR count). The molecule has 2 aromatic rings. The standard InChI is InChI=1S/C15H15.2C2H6/c1-15(2,13-9-5-3-6-10-13)14-11-7-4-8-12-14;2*1-2/h3-12H,1H2,2H3;2*1-2H3/q+1;;. The summed E-state index contributed by atoms with van der Waals surface area (Å²) in [5.74, 6) is 0. The molecule has 0 aliphatic rings. The Labute approximate surface area is 119 Å². The van der Waals surface area contributed by atoms with Crippen molar-refractivity contribution in [3.05, 3.63) is 78.7 Å². The zero-order valence-corrected chi connectivity index (χ0v) is 13.0. The first kappa shape index (κ1) is 17.3. The molecular formula is C19H27+. The Hall–Kier alpha value is -1.69. The van der Waals surface area contributed by atoms with Crippen molar-refractivity contribution in [2.75, 3.05) is 0 Å². The molecule has 102 valence electrons. The maximum Gasteiger partial charge on any atom is 0.152 e. The molecule has 0 radical (unpaired) electrons. The fourth-order valence-corrected chi connectivity index (χ4v) is 1.78. The summed E-state index contributed by atoms with van der Waals surface area (Å²) in [5, 5.41) is 0. The fraction of sp³-hybridized carbons (Fsp3) is 0.316. The molecule has 0 heteroatoms. The Balaban J connectivity index is 0.000000741. The minimum absolute atomic E-state index is 0.164. The van der Waals surface area contributed by atoms with Crippen LogP contribution < -0.4 is 0 Å². The van der Waals surface area contributed by atoms with E-state index in [0.717, 1.165) is 0 Å². The summed E-state index contributed by atoms with van der Waals surface area (Å²) >= 11 is 0. The van der Waals surface area contributed by atoms with E-state index in [9.17, 15) is 0 Å². The first-order chi connectivity index (χ1) is 9.21. The van der Waals surface area contributed by atoms with Gasteiger partial charge < -0.3 is 0 Å². The number of hydrogen-bond acceptors (Lipinski definition) is 0. The van der Waals surface area contributed by atoms with Crippen molar-refractivity contribution in [1.82, 2.24) is 0 Å². The Bertz CT molecular complexity index is 371. The molecule has 0 atom stereocenters. The highest BCUT2D eigenvalue weighted by Crippen LogP contribution is 2.30. The van der Waals surface area contributed by atoms with Gasteiger partial charge in [-0.2, -0.15) is 0 Å². The van der Waals surface area contributed by atoms with E-state index in [-0.39, 0.29) is 5.41 Å². The van der Waals surface area contributed by atoms with Crippen LogP contribution >= 0.6 is 0 Å². The second-order valence-corrected chi connectivity index (χ2v) is 4.06. The topological polar surface area (TPSA) is 0 Å². The molecule has 0 saturated heterocycles. The predicted octanol–water partition coefficient (Wildman–Crippen LogP) is 5.88. The monoisotopic (exact) mass is 255 g/mol. The Morgan fingerprint density at radius 3 is 1.16 bits per heavy atom. The molecule has 0 amide bonds. The second kappa shape index (κ2) is 9.27. The van der Waals surface area contributed by atoms with Crippen LogP contribution in [0.1, 0.15) is 45.7 Å². The molecule has 0 aromatic heterocycles. The van der Waals surface area contributed by atoms with Crippen molar-refractivity contribution in [1.29, 1.82) is 0 Å². The maximum absolute atomic E-state index is 4.31.